The lowest BCUT2D eigenvalue weighted by atomic mass is 9.89. The van der Waals surface area contributed by atoms with Gasteiger partial charge in [-0.2, -0.15) is 0 Å². The first-order valence-corrected chi connectivity index (χ1v) is 11.2. The highest BCUT2D eigenvalue weighted by atomic mass is 16.7. The number of aliphatic hydroxyl groups is 3. The van der Waals surface area contributed by atoms with E-state index in [9.17, 15) is 30.0 Å². The molecule has 0 spiro atoms. The molecule has 4 rings (SSSR count). The zero-order chi connectivity index (χ0) is 26.7. The molecule has 3 aromatic rings. The van der Waals surface area contributed by atoms with Crippen molar-refractivity contribution >= 4 is 29.0 Å². The Bertz CT molecular complexity index is 1310. The number of rotatable bonds is 7. The molecule has 0 radical (unpaired) electrons. The number of phenolic OH excluding ortho intramolecular Hbond substituents is 1. The lowest BCUT2D eigenvalue weighted by Crippen LogP contribution is -2.55. The average Bonchev–Trinajstić information content (AvgIpc) is 3.37. The van der Waals surface area contributed by atoms with Crippen molar-refractivity contribution in [3.63, 3.8) is 0 Å². The highest BCUT2D eigenvalue weighted by molar-refractivity contribution is 6.09. The van der Waals surface area contributed by atoms with Crippen LogP contribution >= 0.6 is 0 Å². The summed E-state index contributed by atoms with van der Waals surface area (Å²) in [5.41, 5.74) is 1.44. The van der Waals surface area contributed by atoms with E-state index in [0.29, 0.717) is 5.58 Å². The Labute approximate surface area is 211 Å². The van der Waals surface area contributed by atoms with Crippen molar-refractivity contribution in [3.05, 3.63) is 65.4 Å². The molecule has 11 heteroatoms. The first kappa shape index (κ1) is 26.2. The largest absolute Gasteiger partial charge is 0.508 e. The maximum atomic E-state index is 13.0. The van der Waals surface area contributed by atoms with Crippen LogP contribution in [-0.4, -0.2) is 77.6 Å². The van der Waals surface area contributed by atoms with Gasteiger partial charge in [0.2, 0.25) is 0 Å². The molecule has 1 aromatic heterocycles. The van der Waals surface area contributed by atoms with Crippen molar-refractivity contribution in [3.8, 4) is 11.5 Å². The molecule has 1 aliphatic rings. The molecule has 2 aromatic carbocycles. The van der Waals surface area contributed by atoms with Gasteiger partial charge < -0.3 is 43.8 Å². The number of hydrogen-bond donors (Lipinski definition) is 4. The molecule has 5 unspecified atom stereocenters. The summed E-state index contributed by atoms with van der Waals surface area (Å²) in [5.74, 6) is -0.870. The SMILES string of the molecule is COC(=O)OCC1OC(c2cc(C(=O)/C=C/c3ccc4occc4c3)c(O)cc2OC)C(O)C(O)C1O. The van der Waals surface area contributed by atoms with Gasteiger partial charge in [-0.3, -0.25) is 4.79 Å². The Morgan fingerprint density at radius 3 is 2.54 bits per heavy atom. The quantitative estimate of drug-likeness (QED) is 0.208. The number of hydrogen-bond acceptors (Lipinski definition) is 11. The molecule has 4 N–H and O–H groups in total. The van der Waals surface area contributed by atoms with E-state index in [1.807, 2.05) is 6.07 Å². The normalized spacial score (nSPS) is 23.8. The third-order valence-corrected chi connectivity index (χ3v) is 6.07. The molecule has 1 saturated heterocycles. The maximum absolute atomic E-state index is 13.0. The molecular weight excluding hydrogens is 488 g/mol. The van der Waals surface area contributed by atoms with Gasteiger partial charge in [0.15, 0.2) is 5.78 Å². The number of benzene rings is 2. The van der Waals surface area contributed by atoms with Crippen LogP contribution in [0, 0.1) is 0 Å². The van der Waals surface area contributed by atoms with Gasteiger partial charge in [0.25, 0.3) is 0 Å². The second-order valence-corrected chi connectivity index (χ2v) is 8.36. The molecule has 2 heterocycles. The van der Waals surface area contributed by atoms with Gasteiger partial charge in [-0.25, -0.2) is 4.79 Å². The van der Waals surface area contributed by atoms with Crippen LogP contribution in [0.25, 0.3) is 17.0 Å². The fraction of sp³-hybridized carbons (Fsp3) is 0.308. The van der Waals surface area contributed by atoms with Gasteiger partial charge >= 0.3 is 6.16 Å². The van der Waals surface area contributed by atoms with E-state index in [1.54, 1.807) is 30.5 Å². The van der Waals surface area contributed by atoms with Crippen molar-refractivity contribution in [1.29, 1.82) is 0 Å². The van der Waals surface area contributed by atoms with Gasteiger partial charge in [0, 0.05) is 17.0 Å². The molecule has 0 bridgehead atoms. The number of fused-ring (bicyclic) bond motifs is 1. The summed E-state index contributed by atoms with van der Waals surface area (Å²) < 4.78 is 25.6. The van der Waals surface area contributed by atoms with Crippen molar-refractivity contribution in [2.75, 3.05) is 20.8 Å². The Balaban J connectivity index is 1.62. The van der Waals surface area contributed by atoms with Gasteiger partial charge in [-0.15, -0.1) is 0 Å². The predicted octanol–water partition coefficient (Wildman–Crippen LogP) is 2.35. The first-order valence-electron chi connectivity index (χ1n) is 11.2. The van der Waals surface area contributed by atoms with E-state index < -0.39 is 49.1 Å². The Morgan fingerprint density at radius 2 is 1.81 bits per heavy atom. The van der Waals surface area contributed by atoms with Gasteiger partial charge in [-0.1, -0.05) is 12.1 Å². The summed E-state index contributed by atoms with van der Waals surface area (Å²) in [7, 11) is 2.41. The minimum absolute atomic E-state index is 0.0590. The van der Waals surface area contributed by atoms with Crippen LogP contribution < -0.4 is 4.74 Å². The highest BCUT2D eigenvalue weighted by Crippen LogP contribution is 2.40. The topological polar surface area (TPSA) is 165 Å². The Hall–Kier alpha value is -3.90. The zero-order valence-electron chi connectivity index (χ0n) is 19.9. The number of ether oxygens (including phenoxy) is 4. The molecule has 1 fully saturated rings. The van der Waals surface area contributed by atoms with E-state index in [4.69, 9.17) is 18.6 Å². The zero-order valence-corrected chi connectivity index (χ0v) is 19.9. The lowest BCUT2D eigenvalue weighted by molar-refractivity contribution is -0.232. The smallest absolute Gasteiger partial charge is 0.507 e. The van der Waals surface area contributed by atoms with Crippen LogP contribution in [-0.2, 0) is 14.2 Å². The molecular formula is C26H26O11. The van der Waals surface area contributed by atoms with Crippen molar-refractivity contribution in [2.24, 2.45) is 0 Å². The molecule has 196 valence electrons. The summed E-state index contributed by atoms with van der Waals surface area (Å²) in [6.07, 6.45) is -4.07. The van der Waals surface area contributed by atoms with Crippen molar-refractivity contribution < 1.29 is 53.4 Å². The van der Waals surface area contributed by atoms with Gasteiger partial charge in [0.05, 0.1) is 26.0 Å². The van der Waals surface area contributed by atoms with Crippen LogP contribution in [0.1, 0.15) is 27.6 Å². The van der Waals surface area contributed by atoms with Crippen LogP contribution in [0.3, 0.4) is 0 Å². The van der Waals surface area contributed by atoms with Crippen molar-refractivity contribution in [1.82, 2.24) is 0 Å². The highest BCUT2D eigenvalue weighted by Gasteiger charge is 2.46. The predicted molar refractivity (Wildman–Crippen MR) is 128 cm³/mol. The number of allylic oxidation sites excluding steroid dienone is 1. The Kier molecular flexibility index (Phi) is 7.79. The summed E-state index contributed by atoms with van der Waals surface area (Å²) in [6, 6.07) is 9.62. The van der Waals surface area contributed by atoms with Crippen LogP contribution in [0.4, 0.5) is 4.79 Å². The maximum Gasteiger partial charge on any atom is 0.508 e. The fourth-order valence-corrected chi connectivity index (χ4v) is 4.09. The van der Waals surface area contributed by atoms with Gasteiger partial charge in [-0.05, 0) is 35.9 Å². The van der Waals surface area contributed by atoms with E-state index in [0.717, 1.165) is 18.1 Å². The van der Waals surface area contributed by atoms with E-state index in [1.165, 1.54) is 25.3 Å². The molecule has 0 amide bonds. The molecule has 0 aliphatic carbocycles. The number of furan rings is 1. The summed E-state index contributed by atoms with van der Waals surface area (Å²) in [4.78, 5) is 24.3. The molecule has 0 saturated carbocycles. The molecule has 1 aliphatic heterocycles. The second-order valence-electron chi connectivity index (χ2n) is 8.36. The summed E-state index contributed by atoms with van der Waals surface area (Å²) in [6.45, 7) is -0.482. The minimum atomic E-state index is -1.68. The number of aliphatic hydroxyl groups excluding tert-OH is 3. The van der Waals surface area contributed by atoms with Gasteiger partial charge in [0.1, 0.15) is 54.2 Å². The molecule has 37 heavy (non-hydrogen) atoms. The number of methoxy groups -OCH3 is 2. The number of aromatic hydroxyl groups is 1. The second kappa shape index (κ2) is 11.0. The standard InChI is InChI=1S/C26H26O11/c1-33-20-11-18(28)15(17(27)5-3-13-4-6-19-14(9-13)7-8-35-19)10-16(20)25-24(31)23(30)22(29)21(37-25)12-36-26(32)34-2/h3-11,21-25,28-31H,12H2,1-2H3/b5-3+. The Morgan fingerprint density at radius 1 is 1.03 bits per heavy atom. The molecule has 5 atom stereocenters. The molecule has 11 nitrogen and oxygen atoms in total. The monoisotopic (exact) mass is 514 g/mol. The van der Waals surface area contributed by atoms with E-state index in [-0.39, 0.29) is 22.6 Å². The number of carbonyl (C=O) groups is 2. The number of phenols is 1. The number of ketones is 1. The van der Waals surface area contributed by atoms with E-state index in [2.05, 4.69) is 4.74 Å². The van der Waals surface area contributed by atoms with Crippen molar-refractivity contribution in [2.45, 2.75) is 30.5 Å². The number of carbonyl (C=O) groups excluding carboxylic acids is 2. The van der Waals surface area contributed by atoms with Crippen LogP contribution in [0.2, 0.25) is 0 Å². The summed E-state index contributed by atoms with van der Waals surface area (Å²) >= 11 is 0. The minimum Gasteiger partial charge on any atom is -0.507 e. The van der Waals surface area contributed by atoms with Crippen LogP contribution in [0.15, 0.2) is 53.2 Å². The average molecular weight is 514 g/mol. The first-order chi connectivity index (χ1) is 17.7. The third-order valence-electron chi connectivity index (χ3n) is 6.07. The summed E-state index contributed by atoms with van der Waals surface area (Å²) in [5, 5.41) is 42.7. The lowest BCUT2D eigenvalue weighted by Gasteiger charge is -2.40. The van der Waals surface area contributed by atoms with E-state index >= 15 is 0 Å². The third kappa shape index (κ3) is 5.44. The van der Waals surface area contributed by atoms with Crippen LogP contribution in [0.5, 0.6) is 11.5 Å². The fourth-order valence-electron chi connectivity index (χ4n) is 4.09.